The quantitative estimate of drug-likeness (QED) is 0.484. The number of pyridine rings is 1. The molecule has 2 aromatic rings. The second-order valence-corrected chi connectivity index (χ2v) is 8.76. The van der Waals surface area contributed by atoms with Gasteiger partial charge in [-0.1, -0.05) is 32.6 Å². The number of β-amino-alcohol motifs (C(OH)–C–C–N with tert-alkyl or cyclic N) is 1. The highest BCUT2D eigenvalue weighted by Crippen LogP contribution is 2.28. The molecule has 7 heteroatoms. The molecule has 1 fully saturated rings. The number of aliphatic carboxylic acids is 1. The van der Waals surface area contributed by atoms with Crippen molar-refractivity contribution in [2.45, 2.75) is 57.6 Å². The van der Waals surface area contributed by atoms with E-state index in [1.54, 1.807) is 13.3 Å². The molecule has 0 aliphatic carbocycles. The van der Waals surface area contributed by atoms with Crippen LogP contribution in [0.5, 0.6) is 5.75 Å². The number of hydrogen-bond donors (Lipinski definition) is 2. The lowest BCUT2D eigenvalue weighted by atomic mass is 10.0. The number of nitrogens with zero attached hydrogens (tertiary/aromatic N) is 3. The van der Waals surface area contributed by atoms with E-state index in [9.17, 15) is 15.0 Å². The highest BCUT2D eigenvalue weighted by atomic mass is 16.5. The van der Waals surface area contributed by atoms with Crippen LogP contribution in [0.4, 0.5) is 0 Å². The maximum absolute atomic E-state index is 11.5. The van der Waals surface area contributed by atoms with Crippen LogP contribution in [0.3, 0.4) is 0 Å². The van der Waals surface area contributed by atoms with E-state index in [0.29, 0.717) is 6.54 Å². The zero-order valence-electron chi connectivity index (χ0n) is 19.4. The molecule has 1 aliphatic rings. The number of unbranched alkanes of at least 4 members (excludes halogenated alkanes) is 4. The predicted molar refractivity (Wildman–Crippen MR) is 126 cm³/mol. The van der Waals surface area contributed by atoms with Gasteiger partial charge in [-0.3, -0.25) is 14.7 Å². The molecule has 0 spiro atoms. The molecule has 3 rings (SSSR count). The summed E-state index contributed by atoms with van der Waals surface area (Å²) in [5.41, 5.74) is 1.60. The van der Waals surface area contributed by atoms with Crippen molar-refractivity contribution in [3.8, 4) is 5.75 Å². The molecule has 0 amide bonds. The third-order valence-electron chi connectivity index (χ3n) is 6.43. The fraction of sp³-hybridized carbons (Fsp3) is 0.600. The molecular formula is C25H37N3O4. The summed E-state index contributed by atoms with van der Waals surface area (Å²) in [4.78, 5) is 20.4. The normalized spacial score (nSPS) is 18.7. The number of aliphatic hydroxyl groups excluding tert-OH is 1. The number of piperazine rings is 1. The minimum absolute atomic E-state index is 0.0873. The molecule has 32 heavy (non-hydrogen) atoms. The van der Waals surface area contributed by atoms with Crippen LogP contribution >= 0.6 is 0 Å². The first kappa shape index (κ1) is 24.4. The lowest BCUT2D eigenvalue weighted by Crippen LogP contribution is -2.54. The van der Waals surface area contributed by atoms with Crippen LogP contribution in [-0.2, 0) is 4.79 Å². The van der Waals surface area contributed by atoms with E-state index in [1.807, 2.05) is 24.3 Å². The van der Waals surface area contributed by atoms with Crippen molar-refractivity contribution in [1.82, 2.24) is 14.8 Å². The van der Waals surface area contributed by atoms with Crippen molar-refractivity contribution >= 4 is 16.9 Å². The molecular weight excluding hydrogens is 406 g/mol. The summed E-state index contributed by atoms with van der Waals surface area (Å²) in [7, 11) is 1.62. The van der Waals surface area contributed by atoms with Crippen LogP contribution in [0, 0.1) is 0 Å². The second-order valence-electron chi connectivity index (χ2n) is 8.76. The van der Waals surface area contributed by atoms with Gasteiger partial charge in [-0.05, 0) is 42.8 Å². The first-order valence-corrected chi connectivity index (χ1v) is 11.8. The number of rotatable bonds is 12. The third kappa shape index (κ3) is 6.64. The fourth-order valence-corrected chi connectivity index (χ4v) is 4.62. The number of carbonyl (C=O) groups is 1. The van der Waals surface area contributed by atoms with Crippen LogP contribution in [0.2, 0.25) is 0 Å². The number of ether oxygens (including phenoxy) is 1. The number of aliphatic hydroxyl groups is 1. The van der Waals surface area contributed by atoms with Crippen LogP contribution < -0.4 is 4.74 Å². The summed E-state index contributed by atoms with van der Waals surface area (Å²) in [5, 5.41) is 21.4. The number of carboxylic acid groups (broad SMARTS) is 1. The van der Waals surface area contributed by atoms with Gasteiger partial charge in [0.1, 0.15) is 5.75 Å². The Bertz CT molecular complexity index is 875. The molecule has 1 aliphatic heterocycles. The van der Waals surface area contributed by atoms with Gasteiger partial charge in [0.05, 0.1) is 25.2 Å². The van der Waals surface area contributed by atoms with Gasteiger partial charge in [0.25, 0.3) is 0 Å². The Morgan fingerprint density at radius 2 is 2.03 bits per heavy atom. The molecule has 0 radical (unpaired) electrons. The third-order valence-corrected chi connectivity index (χ3v) is 6.43. The maximum atomic E-state index is 11.5. The van der Waals surface area contributed by atoms with Gasteiger partial charge < -0.3 is 19.8 Å². The van der Waals surface area contributed by atoms with Gasteiger partial charge >= 0.3 is 5.97 Å². The summed E-state index contributed by atoms with van der Waals surface area (Å²) in [6.07, 6.45) is 7.24. The summed E-state index contributed by atoms with van der Waals surface area (Å²) in [6.45, 7) is 6.04. The molecule has 2 N–H and O–H groups in total. The van der Waals surface area contributed by atoms with E-state index in [1.165, 1.54) is 25.7 Å². The van der Waals surface area contributed by atoms with Crippen molar-refractivity contribution in [3.05, 3.63) is 36.0 Å². The lowest BCUT2D eigenvalue weighted by molar-refractivity contribution is -0.139. The van der Waals surface area contributed by atoms with E-state index >= 15 is 0 Å². The standard InChI is InChI=1S/C25H37N3O4/c1-3-4-5-6-7-12-27-13-14-28(19(17-27)15-25(30)31)18-24(29)21-10-11-26-23-9-8-20(32-2)16-22(21)23/h8-11,16,19,24,29H,3-7,12-15,17-18H2,1-2H3,(H,30,31)/t19-,24?/m1/s1. The van der Waals surface area contributed by atoms with Crippen molar-refractivity contribution in [1.29, 1.82) is 0 Å². The highest BCUT2D eigenvalue weighted by molar-refractivity contribution is 5.83. The highest BCUT2D eigenvalue weighted by Gasteiger charge is 2.30. The number of methoxy groups -OCH3 is 1. The first-order chi connectivity index (χ1) is 15.5. The smallest absolute Gasteiger partial charge is 0.304 e. The van der Waals surface area contributed by atoms with Crippen LogP contribution in [0.25, 0.3) is 10.9 Å². The van der Waals surface area contributed by atoms with Gasteiger partial charge in [0.2, 0.25) is 0 Å². The fourth-order valence-electron chi connectivity index (χ4n) is 4.62. The Morgan fingerprint density at radius 1 is 1.22 bits per heavy atom. The number of benzene rings is 1. The summed E-state index contributed by atoms with van der Waals surface area (Å²) < 4.78 is 5.34. The average molecular weight is 444 g/mol. The number of hydrogen-bond acceptors (Lipinski definition) is 6. The lowest BCUT2D eigenvalue weighted by Gasteiger charge is -2.42. The summed E-state index contributed by atoms with van der Waals surface area (Å²) in [6, 6.07) is 7.37. The Labute approximate surface area is 191 Å². The second kappa shape index (κ2) is 12.1. The molecule has 1 unspecified atom stereocenters. The molecule has 176 valence electrons. The van der Waals surface area contributed by atoms with Crippen LogP contribution in [-0.4, -0.2) is 76.8 Å². The van der Waals surface area contributed by atoms with Crippen molar-refractivity contribution in [2.75, 3.05) is 39.8 Å². The van der Waals surface area contributed by atoms with E-state index in [-0.39, 0.29) is 12.5 Å². The van der Waals surface area contributed by atoms with Gasteiger partial charge in [-0.2, -0.15) is 0 Å². The zero-order valence-corrected chi connectivity index (χ0v) is 19.4. The van der Waals surface area contributed by atoms with Gasteiger partial charge in [0.15, 0.2) is 0 Å². The van der Waals surface area contributed by atoms with Gasteiger partial charge in [0, 0.05) is 43.8 Å². The molecule has 0 bridgehead atoms. The van der Waals surface area contributed by atoms with Gasteiger partial charge in [-0.25, -0.2) is 0 Å². The molecule has 2 atom stereocenters. The summed E-state index contributed by atoms with van der Waals surface area (Å²) in [5.74, 6) is -0.0753. The Morgan fingerprint density at radius 3 is 2.78 bits per heavy atom. The monoisotopic (exact) mass is 443 g/mol. The molecule has 1 aromatic carbocycles. The molecule has 7 nitrogen and oxygen atoms in total. The first-order valence-electron chi connectivity index (χ1n) is 11.8. The number of fused-ring (bicyclic) bond motifs is 1. The topological polar surface area (TPSA) is 86.1 Å². The van der Waals surface area contributed by atoms with Crippen molar-refractivity contribution in [3.63, 3.8) is 0 Å². The van der Waals surface area contributed by atoms with E-state index in [4.69, 9.17) is 4.74 Å². The van der Waals surface area contributed by atoms with E-state index in [2.05, 4.69) is 21.7 Å². The number of carboxylic acids is 1. The van der Waals surface area contributed by atoms with E-state index < -0.39 is 12.1 Å². The molecule has 1 aromatic heterocycles. The SMILES string of the molecule is CCCCCCCN1CCN(CC(O)c2ccnc3ccc(OC)cc23)[C@H](CC(=O)O)C1. The van der Waals surface area contributed by atoms with Gasteiger partial charge in [-0.15, -0.1) is 0 Å². The van der Waals surface area contributed by atoms with Crippen LogP contribution in [0.1, 0.15) is 57.1 Å². The maximum Gasteiger partial charge on any atom is 0.304 e. The Hall–Kier alpha value is -2.22. The largest absolute Gasteiger partial charge is 0.497 e. The van der Waals surface area contributed by atoms with Crippen LogP contribution in [0.15, 0.2) is 30.5 Å². The minimum atomic E-state index is -0.793. The molecule has 1 saturated heterocycles. The van der Waals surface area contributed by atoms with E-state index in [0.717, 1.165) is 54.8 Å². The summed E-state index contributed by atoms with van der Waals surface area (Å²) >= 11 is 0. The average Bonchev–Trinajstić information content (AvgIpc) is 2.79. The zero-order chi connectivity index (χ0) is 22.9. The Balaban J connectivity index is 1.66. The number of aromatic nitrogens is 1. The predicted octanol–water partition coefficient (Wildman–Crippen LogP) is 3.71. The van der Waals surface area contributed by atoms with Crippen molar-refractivity contribution in [2.24, 2.45) is 0 Å². The Kier molecular flexibility index (Phi) is 9.26. The molecule has 0 saturated carbocycles. The minimum Gasteiger partial charge on any atom is -0.497 e. The molecule has 2 heterocycles. The van der Waals surface area contributed by atoms with Crippen molar-refractivity contribution < 1.29 is 19.7 Å².